The van der Waals surface area contributed by atoms with Gasteiger partial charge in [-0.3, -0.25) is 9.10 Å². The number of carboxylic acid groups (broad SMARTS) is 1. The minimum atomic E-state index is -4.33. The van der Waals surface area contributed by atoms with Crippen molar-refractivity contribution in [3.63, 3.8) is 0 Å². The zero-order valence-corrected chi connectivity index (χ0v) is 16.1. The molecule has 2 aromatic rings. The Hall–Kier alpha value is -2.16. The molecule has 10 heteroatoms. The van der Waals surface area contributed by atoms with E-state index < -0.39 is 22.5 Å². The van der Waals surface area contributed by atoms with Gasteiger partial charge in [0.15, 0.2) is 0 Å². The van der Waals surface area contributed by atoms with Gasteiger partial charge >= 0.3 is 5.97 Å². The summed E-state index contributed by atoms with van der Waals surface area (Å²) in [6.07, 6.45) is 0. The number of carboxylic acids is 1. The van der Waals surface area contributed by atoms with Crippen molar-refractivity contribution in [2.24, 2.45) is 0 Å². The van der Waals surface area contributed by atoms with E-state index in [9.17, 15) is 18.3 Å². The monoisotopic (exact) mass is 419 g/mol. The van der Waals surface area contributed by atoms with Crippen LogP contribution in [0.4, 0.5) is 5.69 Å². The lowest BCUT2D eigenvalue weighted by molar-refractivity contribution is -0.135. The number of anilines is 1. The fourth-order valence-electron chi connectivity index (χ4n) is 2.19. The second-order valence-electron chi connectivity index (χ2n) is 5.00. The van der Waals surface area contributed by atoms with Crippen molar-refractivity contribution in [2.75, 3.05) is 25.1 Å². The fourth-order valence-corrected chi connectivity index (χ4v) is 4.42. The molecule has 0 aromatic heterocycles. The van der Waals surface area contributed by atoms with Crippen molar-refractivity contribution in [3.05, 3.63) is 46.4 Å². The maximum Gasteiger partial charge on any atom is 0.324 e. The van der Waals surface area contributed by atoms with Gasteiger partial charge in [0.05, 0.1) is 24.9 Å². The summed E-state index contributed by atoms with van der Waals surface area (Å²) in [5, 5.41) is 8.82. The Balaban J connectivity index is 2.63. The maximum atomic E-state index is 13.1. The first-order chi connectivity index (χ1) is 12.2. The first-order valence-corrected chi connectivity index (χ1v) is 9.32. The molecule has 2 aromatic carbocycles. The van der Waals surface area contributed by atoms with Crippen molar-refractivity contribution in [1.82, 2.24) is 0 Å². The molecule has 140 valence electrons. The molecular weight excluding hydrogens is 405 g/mol. The number of carbonyl (C=O) groups is 1. The lowest BCUT2D eigenvalue weighted by Gasteiger charge is -2.24. The topological polar surface area (TPSA) is 93.1 Å². The second kappa shape index (κ2) is 8.03. The van der Waals surface area contributed by atoms with E-state index >= 15 is 0 Å². The van der Waals surface area contributed by atoms with Gasteiger partial charge in [0.1, 0.15) is 28.0 Å². The lowest BCUT2D eigenvalue weighted by Crippen LogP contribution is -2.36. The number of methoxy groups -OCH3 is 2. The van der Waals surface area contributed by atoms with Crippen LogP contribution in [0.1, 0.15) is 0 Å². The van der Waals surface area contributed by atoms with Crippen LogP contribution in [0.3, 0.4) is 0 Å². The van der Waals surface area contributed by atoms with E-state index in [-0.39, 0.29) is 26.4 Å². The van der Waals surface area contributed by atoms with Crippen molar-refractivity contribution < 1.29 is 27.8 Å². The summed E-state index contributed by atoms with van der Waals surface area (Å²) in [6.45, 7) is -0.810. The Labute approximate surface area is 160 Å². The Morgan fingerprint density at radius 1 is 1.12 bits per heavy atom. The number of nitrogens with zero attached hydrogens (tertiary/aromatic N) is 1. The molecule has 0 radical (unpaired) electrons. The predicted molar refractivity (Wildman–Crippen MR) is 98.2 cm³/mol. The zero-order chi connectivity index (χ0) is 19.5. The van der Waals surface area contributed by atoms with E-state index in [1.54, 1.807) is 12.1 Å². The van der Waals surface area contributed by atoms with E-state index in [2.05, 4.69) is 0 Å². The van der Waals surface area contributed by atoms with Gasteiger partial charge in [-0.15, -0.1) is 0 Å². The molecule has 0 heterocycles. The molecule has 0 saturated carbocycles. The minimum Gasteiger partial charge on any atom is -0.497 e. The molecule has 2 rings (SSSR count). The number of sulfonamides is 1. The summed E-state index contributed by atoms with van der Waals surface area (Å²) in [7, 11) is -1.56. The molecule has 0 bridgehead atoms. The number of rotatable bonds is 7. The molecule has 1 N–H and O–H groups in total. The van der Waals surface area contributed by atoms with E-state index in [0.29, 0.717) is 10.1 Å². The molecule has 0 fully saturated rings. The lowest BCUT2D eigenvalue weighted by atomic mass is 10.3. The van der Waals surface area contributed by atoms with Crippen LogP contribution < -0.4 is 13.8 Å². The summed E-state index contributed by atoms with van der Waals surface area (Å²) < 4.78 is 36.9. The molecule has 0 amide bonds. The summed E-state index contributed by atoms with van der Waals surface area (Å²) in [4.78, 5) is 10.9. The fraction of sp³-hybridized carbons (Fsp3) is 0.188. The van der Waals surface area contributed by atoms with Crippen LogP contribution in [0.5, 0.6) is 11.5 Å². The number of hydrogen-bond donors (Lipinski definition) is 1. The number of aliphatic carboxylic acids is 1. The highest BCUT2D eigenvalue weighted by atomic mass is 35.5. The van der Waals surface area contributed by atoms with Crippen LogP contribution >= 0.6 is 23.2 Å². The molecule has 26 heavy (non-hydrogen) atoms. The van der Waals surface area contributed by atoms with Crippen molar-refractivity contribution in [2.45, 2.75) is 4.90 Å². The number of benzene rings is 2. The highest BCUT2D eigenvalue weighted by Gasteiger charge is 2.31. The third kappa shape index (κ3) is 3.98. The van der Waals surface area contributed by atoms with E-state index in [0.717, 1.165) is 0 Å². The third-order valence-electron chi connectivity index (χ3n) is 3.42. The Kier molecular flexibility index (Phi) is 6.22. The van der Waals surface area contributed by atoms with Crippen LogP contribution in [0.15, 0.2) is 41.3 Å². The van der Waals surface area contributed by atoms with Crippen LogP contribution in [0, 0.1) is 0 Å². The molecule has 0 aliphatic heterocycles. The van der Waals surface area contributed by atoms with Gasteiger partial charge in [-0.25, -0.2) is 8.42 Å². The molecule has 0 aliphatic rings. The van der Waals surface area contributed by atoms with Crippen molar-refractivity contribution in [3.8, 4) is 11.5 Å². The predicted octanol–water partition coefficient (Wildman–Crippen LogP) is 3.29. The van der Waals surface area contributed by atoms with Crippen LogP contribution in [-0.4, -0.2) is 40.3 Å². The first kappa shape index (κ1) is 20.2. The zero-order valence-electron chi connectivity index (χ0n) is 13.8. The smallest absolute Gasteiger partial charge is 0.324 e. The van der Waals surface area contributed by atoms with Gasteiger partial charge < -0.3 is 14.6 Å². The molecule has 0 unspecified atom stereocenters. The van der Waals surface area contributed by atoms with Gasteiger partial charge in [0, 0.05) is 6.07 Å². The highest BCUT2D eigenvalue weighted by Crippen LogP contribution is 2.38. The standard InChI is InChI=1S/C16H15Cl2NO6S/c1-24-11-5-3-4-10(8-11)19(9-14(20)21)26(22,23)13-7-6-12(25-2)15(17)16(13)18/h3-8H,9H2,1-2H3,(H,20,21). The molecule has 7 nitrogen and oxygen atoms in total. The van der Waals surface area contributed by atoms with E-state index in [1.165, 1.54) is 38.5 Å². The molecular formula is C16H15Cl2NO6S. The second-order valence-corrected chi connectivity index (χ2v) is 7.59. The highest BCUT2D eigenvalue weighted by molar-refractivity contribution is 7.93. The van der Waals surface area contributed by atoms with Gasteiger partial charge in [0.25, 0.3) is 10.0 Å². The normalized spacial score (nSPS) is 11.1. The molecule has 0 aliphatic carbocycles. The van der Waals surface area contributed by atoms with Crippen LogP contribution in [0.25, 0.3) is 0 Å². The van der Waals surface area contributed by atoms with Crippen molar-refractivity contribution >= 4 is 44.9 Å². The first-order valence-electron chi connectivity index (χ1n) is 7.13. The number of hydrogen-bond acceptors (Lipinski definition) is 5. The summed E-state index contributed by atoms with van der Waals surface area (Å²) in [6, 6.07) is 8.54. The van der Waals surface area contributed by atoms with Crippen LogP contribution in [0.2, 0.25) is 10.0 Å². The average Bonchev–Trinajstić information content (AvgIpc) is 2.61. The third-order valence-corrected chi connectivity index (χ3v) is 6.21. The Morgan fingerprint density at radius 3 is 2.38 bits per heavy atom. The number of halogens is 2. The SMILES string of the molecule is COc1cccc(N(CC(=O)O)S(=O)(=O)c2ccc(OC)c(Cl)c2Cl)c1. The van der Waals surface area contributed by atoms with Crippen molar-refractivity contribution in [1.29, 1.82) is 0 Å². The average molecular weight is 420 g/mol. The summed E-state index contributed by atoms with van der Waals surface area (Å²) >= 11 is 12.1. The van der Waals surface area contributed by atoms with Gasteiger partial charge in [-0.1, -0.05) is 29.3 Å². The number of ether oxygens (including phenoxy) is 2. The largest absolute Gasteiger partial charge is 0.497 e. The molecule has 0 saturated heterocycles. The Morgan fingerprint density at radius 2 is 1.81 bits per heavy atom. The maximum absolute atomic E-state index is 13.1. The van der Waals surface area contributed by atoms with Gasteiger partial charge in [0.2, 0.25) is 0 Å². The minimum absolute atomic E-state index is 0.0869. The summed E-state index contributed by atoms with van der Waals surface area (Å²) in [5.41, 5.74) is 0.106. The van der Waals surface area contributed by atoms with Crippen LogP contribution in [-0.2, 0) is 14.8 Å². The summed E-state index contributed by atoms with van der Waals surface area (Å²) in [5.74, 6) is -0.777. The Bertz CT molecular complexity index is 932. The molecule has 0 atom stereocenters. The van der Waals surface area contributed by atoms with E-state index in [4.69, 9.17) is 32.7 Å². The van der Waals surface area contributed by atoms with E-state index in [1.807, 2.05) is 0 Å². The quantitative estimate of drug-likeness (QED) is 0.739. The van der Waals surface area contributed by atoms with Gasteiger partial charge in [-0.2, -0.15) is 0 Å². The van der Waals surface area contributed by atoms with Gasteiger partial charge in [-0.05, 0) is 24.3 Å². The molecule has 0 spiro atoms.